The number of hydrogen-bond donors (Lipinski definition) is 0. The van der Waals surface area contributed by atoms with Crippen LogP contribution in [-0.2, 0) is 9.53 Å². The predicted octanol–water partition coefficient (Wildman–Crippen LogP) is 5.93. The first-order chi connectivity index (χ1) is 8.91. The highest BCUT2D eigenvalue weighted by Gasteiger charge is 1.76. The largest absolute Gasteiger partial charge is 0.502 e. The number of unbranched alkanes of at least 4 members (excludes halogenated alkanes) is 1. The second kappa shape index (κ2) is 30.2. The van der Waals surface area contributed by atoms with E-state index < -0.39 is 0 Å². The van der Waals surface area contributed by atoms with Gasteiger partial charge in [-0.05, 0) is 34.6 Å². The van der Waals surface area contributed by atoms with E-state index in [2.05, 4.69) is 13.8 Å². The van der Waals surface area contributed by atoms with Crippen molar-refractivity contribution < 1.29 is 9.53 Å². The van der Waals surface area contributed by atoms with Gasteiger partial charge in [-0.2, -0.15) is 0 Å². The smallest absolute Gasteiger partial charge is 0.129 e. The molecule has 19 heavy (non-hydrogen) atoms. The van der Waals surface area contributed by atoms with Crippen LogP contribution in [0.5, 0.6) is 0 Å². The lowest BCUT2D eigenvalue weighted by Crippen LogP contribution is -1.80. The molecule has 0 atom stereocenters. The number of allylic oxidation sites excluding steroid dienone is 4. The monoisotopic (exact) mass is 272 g/mol. The van der Waals surface area contributed by atoms with Gasteiger partial charge in [0.05, 0.1) is 12.9 Å². The number of carbonyl (C=O) groups is 1. The minimum absolute atomic E-state index is 0.255. The van der Waals surface area contributed by atoms with Crippen molar-refractivity contribution in [1.82, 2.24) is 0 Å². The van der Waals surface area contributed by atoms with Gasteiger partial charge in [0.15, 0.2) is 0 Å². The molecule has 0 aromatic carbocycles. The highest BCUT2D eigenvalue weighted by Crippen LogP contribution is 1.87. The van der Waals surface area contributed by atoms with Gasteiger partial charge >= 0.3 is 0 Å². The molecule has 0 rings (SSSR count). The van der Waals surface area contributed by atoms with Gasteiger partial charge in [0.25, 0.3) is 0 Å². The van der Waals surface area contributed by atoms with E-state index in [0.29, 0.717) is 6.42 Å². The lowest BCUT2D eigenvalue weighted by atomic mass is 10.4. The van der Waals surface area contributed by atoms with E-state index in [9.17, 15) is 4.79 Å². The molecular formula is C17H36O2. The molecule has 0 amide bonds. The van der Waals surface area contributed by atoms with Gasteiger partial charge in [-0.1, -0.05) is 51.8 Å². The summed E-state index contributed by atoms with van der Waals surface area (Å²) in [7, 11) is 1.66. The fourth-order valence-electron chi connectivity index (χ4n) is 0.118. The molecule has 0 aliphatic carbocycles. The summed E-state index contributed by atoms with van der Waals surface area (Å²) < 4.78 is 4.76. The van der Waals surface area contributed by atoms with Gasteiger partial charge in [0, 0.05) is 6.42 Å². The number of carbonyl (C=O) groups excluding carboxylic acids is 1. The molecule has 0 aliphatic heterocycles. The Morgan fingerprint density at radius 2 is 1.26 bits per heavy atom. The van der Waals surface area contributed by atoms with E-state index >= 15 is 0 Å². The zero-order valence-electron chi connectivity index (χ0n) is 14.7. The number of methoxy groups -OCH3 is 1. The molecule has 0 bridgehead atoms. The average molecular weight is 272 g/mol. The molecule has 0 saturated carbocycles. The highest BCUT2D eigenvalue weighted by atomic mass is 16.5. The molecule has 0 spiro atoms. The van der Waals surface area contributed by atoms with Crippen molar-refractivity contribution in [2.24, 2.45) is 0 Å². The Morgan fingerprint density at radius 3 is 1.26 bits per heavy atom. The maximum absolute atomic E-state index is 9.81. The Bertz CT molecular complexity index is 197. The molecule has 0 aliphatic rings. The molecule has 0 heterocycles. The molecule has 2 nitrogen and oxygen atoms in total. The molecule has 0 aromatic heterocycles. The van der Waals surface area contributed by atoms with E-state index in [1.807, 2.05) is 52.8 Å². The van der Waals surface area contributed by atoms with E-state index in [-0.39, 0.29) is 5.78 Å². The van der Waals surface area contributed by atoms with Crippen molar-refractivity contribution in [3.05, 3.63) is 24.0 Å². The summed E-state index contributed by atoms with van der Waals surface area (Å²) in [4.78, 5) is 9.81. The maximum atomic E-state index is 9.81. The van der Waals surface area contributed by atoms with Crippen LogP contribution in [0, 0.1) is 0 Å². The third-order valence-corrected chi connectivity index (χ3v) is 2.06. The summed E-state index contributed by atoms with van der Waals surface area (Å²) in [5, 5.41) is 0. The predicted molar refractivity (Wildman–Crippen MR) is 88.5 cm³/mol. The summed E-state index contributed by atoms with van der Waals surface area (Å²) >= 11 is 0. The van der Waals surface area contributed by atoms with Crippen LogP contribution in [0.2, 0.25) is 0 Å². The van der Waals surface area contributed by atoms with Crippen LogP contribution in [0.15, 0.2) is 24.0 Å². The molecule has 0 radical (unpaired) electrons. The molecule has 2 heteroatoms. The Labute approximate surface area is 121 Å². The Balaban J connectivity index is -0.0000000803. The Morgan fingerprint density at radius 1 is 0.947 bits per heavy atom. The third kappa shape index (κ3) is 78.4. The summed E-state index contributed by atoms with van der Waals surface area (Å²) in [6, 6.07) is 0. The van der Waals surface area contributed by atoms with Crippen LogP contribution in [-0.4, -0.2) is 12.9 Å². The molecule has 0 N–H and O–H groups in total. The maximum Gasteiger partial charge on any atom is 0.129 e. The first kappa shape index (κ1) is 26.5. The second-order valence-corrected chi connectivity index (χ2v) is 3.83. The minimum atomic E-state index is 0.255. The number of ketones is 1. The lowest BCUT2D eigenvalue weighted by Gasteiger charge is -1.91. The zero-order chi connectivity index (χ0) is 16.1. The van der Waals surface area contributed by atoms with Crippen molar-refractivity contribution in [3.8, 4) is 0 Å². The molecule has 0 saturated heterocycles. The quantitative estimate of drug-likeness (QED) is 0.470. The van der Waals surface area contributed by atoms with Crippen molar-refractivity contribution in [3.63, 3.8) is 0 Å². The van der Waals surface area contributed by atoms with Crippen molar-refractivity contribution >= 4 is 5.78 Å². The Kier molecular flexibility index (Phi) is 42.1. The fourth-order valence-corrected chi connectivity index (χ4v) is 0.118. The summed E-state index contributed by atoms with van der Waals surface area (Å²) in [5.41, 5.74) is 0. The summed E-state index contributed by atoms with van der Waals surface area (Å²) in [6.45, 7) is 15.7. The second-order valence-electron chi connectivity index (χ2n) is 3.83. The number of ether oxygens (including phenoxy) is 1. The van der Waals surface area contributed by atoms with Crippen LogP contribution in [0.1, 0.15) is 74.7 Å². The van der Waals surface area contributed by atoms with Crippen LogP contribution in [0.3, 0.4) is 0 Å². The minimum Gasteiger partial charge on any atom is -0.502 e. The highest BCUT2D eigenvalue weighted by molar-refractivity contribution is 5.74. The molecule has 0 aromatic rings. The van der Waals surface area contributed by atoms with Gasteiger partial charge in [-0.15, -0.1) is 0 Å². The first-order valence-electron chi connectivity index (χ1n) is 7.15. The van der Waals surface area contributed by atoms with Crippen LogP contribution >= 0.6 is 0 Å². The first-order valence-corrected chi connectivity index (χ1v) is 7.15. The van der Waals surface area contributed by atoms with Crippen molar-refractivity contribution in [2.45, 2.75) is 74.7 Å². The average Bonchev–Trinajstić information content (AvgIpc) is 2.47. The summed E-state index contributed by atoms with van der Waals surface area (Å²) in [6.07, 6.45) is 9.22. The van der Waals surface area contributed by atoms with Gasteiger partial charge in [-0.3, -0.25) is 0 Å². The molecule has 0 fully saturated rings. The number of hydrogen-bond acceptors (Lipinski definition) is 2. The van der Waals surface area contributed by atoms with E-state index in [4.69, 9.17) is 4.74 Å². The van der Waals surface area contributed by atoms with Gasteiger partial charge < -0.3 is 9.53 Å². The van der Waals surface area contributed by atoms with Gasteiger partial charge in [-0.25, -0.2) is 0 Å². The van der Waals surface area contributed by atoms with Gasteiger partial charge in [0.2, 0.25) is 0 Å². The van der Waals surface area contributed by atoms with Crippen molar-refractivity contribution in [2.75, 3.05) is 7.11 Å². The lowest BCUT2D eigenvalue weighted by molar-refractivity contribution is -0.116. The third-order valence-electron chi connectivity index (χ3n) is 2.06. The zero-order valence-corrected chi connectivity index (χ0v) is 14.7. The normalized spacial score (nSPS) is 9.21. The SMILES string of the molecule is C/C=C(\C)OC.C/C=C\C.CCC(C)=O.CCCC. The molecular weight excluding hydrogens is 236 g/mol. The van der Waals surface area contributed by atoms with Crippen LogP contribution in [0.25, 0.3) is 0 Å². The van der Waals surface area contributed by atoms with E-state index in [0.717, 1.165) is 5.76 Å². The van der Waals surface area contributed by atoms with Crippen LogP contribution < -0.4 is 0 Å². The fraction of sp³-hybridized carbons (Fsp3) is 0.706. The van der Waals surface area contributed by atoms with Crippen molar-refractivity contribution in [1.29, 1.82) is 0 Å². The van der Waals surface area contributed by atoms with E-state index in [1.54, 1.807) is 14.0 Å². The standard InChI is InChI=1S/C5H10O.C4H8O.C4H10.C4H8/c1-4-5(2)6-3;1-3-4(2)5;2*1-3-4-2/h4H,1-3H3;3H2,1-2H3;3-4H2,1-2H3;3-4H,1-2H3/b5-4+;;;4-3-. The number of rotatable bonds is 3. The van der Waals surface area contributed by atoms with Crippen LogP contribution in [0.4, 0.5) is 0 Å². The molecule has 116 valence electrons. The summed E-state index contributed by atoms with van der Waals surface area (Å²) in [5.74, 6) is 1.22. The topological polar surface area (TPSA) is 26.3 Å². The van der Waals surface area contributed by atoms with Gasteiger partial charge in [0.1, 0.15) is 5.78 Å². The Hall–Kier alpha value is -1.05. The van der Waals surface area contributed by atoms with E-state index in [1.165, 1.54) is 12.8 Å². The number of Topliss-reactive ketones (excluding diaryl/α,β-unsaturated/α-hetero) is 1. The molecule has 0 unspecified atom stereocenters.